The lowest BCUT2D eigenvalue weighted by molar-refractivity contribution is 0.104. The van der Waals surface area contributed by atoms with Crippen molar-refractivity contribution in [2.75, 3.05) is 13.2 Å². The predicted octanol–water partition coefficient (Wildman–Crippen LogP) is 1.83. The fourth-order valence-electron chi connectivity index (χ4n) is 1.41. The third-order valence-corrected chi connectivity index (χ3v) is 3.79. The highest BCUT2D eigenvalue weighted by atomic mass is 32.2. The maximum atomic E-state index is 11.8. The summed E-state index contributed by atoms with van der Waals surface area (Å²) in [7, 11) is -3.51. The number of carbonyl (C=O) groups excluding carboxylic acids is 1. The average Bonchev–Trinajstić information content (AvgIpc) is 2.32. The first-order chi connectivity index (χ1) is 8.90. The second-order valence-corrected chi connectivity index (χ2v) is 5.48. The molecule has 0 saturated heterocycles. The number of ether oxygens (including phenoxy) is 2. The molecule has 0 amide bonds. The normalized spacial score (nSPS) is 11.1. The molecular formula is C12H17NO5S. The maximum Gasteiger partial charge on any atom is 0.513 e. The summed E-state index contributed by atoms with van der Waals surface area (Å²) >= 11 is 0. The molecule has 0 bridgehead atoms. The monoisotopic (exact) mass is 287 g/mol. The van der Waals surface area contributed by atoms with Crippen LogP contribution in [-0.2, 0) is 14.8 Å². The van der Waals surface area contributed by atoms with Gasteiger partial charge in [0, 0.05) is 6.54 Å². The Hall–Kier alpha value is -1.60. The molecule has 0 aromatic heterocycles. The van der Waals surface area contributed by atoms with Crippen molar-refractivity contribution in [3.05, 3.63) is 23.8 Å². The second kappa shape index (κ2) is 6.53. The zero-order valence-corrected chi connectivity index (χ0v) is 11.9. The molecule has 6 nitrogen and oxygen atoms in total. The average molecular weight is 287 g/mol. The Labute approximate surface area is 112 Å². The van der Waals surface area contributed by atoms with E-state index in [0.717, 1.165) is 0 Å². The van der Waals surface area contributed by atoms with Gasteiger partial charge in [0.05, 0.1) is 11.5 Å². The van der Waals surface area contributed by atoms with Gasteiger partial charge in [0.2, 0.25) is 10.0 Å². The zero-order valence-electron chi connectivity index (χ0n) is 11.1. The molecule has 1 aromatic rings. The summed E-state index contributed by atoms with van der Waals surface area (Å²) in [5.41, 5.74) is 0.534. The van der Waals surface area contributed by atoms with Crippen molar-refractivity contribution in [3.63, 3.8) is 0 Å². The molecule has 0 unspecified atom stereocenters. The van der Waals surface area contributed by atoms with Crippen LogP contribution in [-0.4, -0.2) is 27.7 Å². The fraction of sp³-hybridized carbons (Fsp3) is 0.417. The Balaban J connectivity index is 2.95. The van der Waals surface area contributed by atoms with Gasteiger partial charge in [-0.05, 0) is 37.6 Å². The van der Waals surface area contributed by atoms with Crippen LogP contribution in [0.25, 0.3) is 0 Å². The van der Waals surface area contributed by atoms with E-state index >= 15 is 0 Å². The maximum absolute atomic E-state index is 11.8. The van der Waals surface area contributed by atoms with Crippen LogP contribution < -0.4 is 9.46 Å². The van der Waals surface area contributed by atoms with E-state index < -0.39 is 16.2 Å². The number of hydrogen-bond donors (Lipinski definition) is 1. The summed E-state index contributed by atoms with van der Waals surface area (Å²) in [6.45, 7) is 5.54. The molecule has 0 saturated carbocycles. The number of benzene rings is 1. The van der Waals surface area contributed by atoms with Crippen LogP contribution in [0.2, 0.25) is 0 Å². The van der Waals surface area contributed by atoms with E-state index in [9.17, 15) is 13.2 Å². The van der Waals surface area contributed by atoms with Gasteiger partial charge in [-0.15, -0.1) is 0 Å². The quantitative estimate of drug-likeness (QED) is 0.660. The molecule has 0 spiro atoms. The highest BCUT2D eigenvalue weighted by Gasteiger charge is 2.15. The van der Waals surface area contributed by atoms with Gasteiger partial charge in [0.1, 0.15) is 5.75 Å². The first-order valence-corrected chi connectivity index (χ1v) is 7.34. The summed E-state index contributed by atoms with van der Waals surface area (Å²) in [5.74, 6) is 0.272. The molecule has 0 aliphatic heterocycles. The number of nitrogens with one attached hydrogen (secondary N) is 1. The van der Waals surface area contributed by atoms with E-state index in [1.54, 1.807) is 20.8 Å². The van der Waals surface area contributed by atoms with Crippen LogP contribution in [0.3, 0.4) is 0 Å². The Morgan fingerprint density at radius 2 is 2.00 bits per heavy atom. The van der Waals surface area contributed by atoms with Gasteiger partial charge in [-0.2, -0.15) is 0 Å². The fourth-order valence-corrected chi connectivity index (χ4v) is 2.54. The molecule has 7 heteroatoms. The lowest BCUT2D eigenvalue weighted by atomic mass is 10.2. The minimum Gasteiger partial charge on any atom is -0.434 e. The van der Waals surface area contributed by atoms with Crippen LogP contribution in [0.15, 0.2) is 23.1 Å². The Bertz CT molecular complexity index is 553. The van der Waals surface area contributed by atoms with Crippen molar-refractivity contribution >= 4 is 16.2 Å². The van der Waals surface area contributed by atoms with Crippen LogP contribution >= 0.6 is 0 Å². The van der Waals surface area contributed by atoms with Gasteiger partial charge in [-0.25, -0.2) is 17.9 Å². The van der Waals surface area contributed by atoms with Crippen molar-refractivity contribution < 1.29 is 22.7 Å². The third-order valence-electron chi connectivity index (χ3n) is 2.25. The highest BCUT2D eigenvalue weighted by molar-refractivity contribution is 7.89. The van der Waals surface area contributed by atoms with Crippen molar-refractivity contribution in [2.24, 2.45) is 0 Å². The molecule has 19 heavy (non-hydrogen) atoms. The molecule has 0 fully saturated rings. The van der Waals surface area contributed by atoms with E-state index in [-0.39, 0.29) is 17.3 Å². The van der Waals surface area contributed by atoms with Gasteiger partial charge in [-0.1, -0.05) is 6.92 Å². The first kappa shape index (κ1) is 15.5. The van der Waals surface area contributed by atoms with Gasteiger partial charge < -0.3 is 9.47 Å². The van der Waals surface area contributed by atoms with Gasteiger partial charge in [0.15, 0.2) is 0 Å². The summed E-state index contributed by atoms with van der Waals surface area (Å²) in [4.78, 5) is 11.3. The Kier molecular flexibility index (Phi) is 5.31. The molecule has 1 aromatic carbocycles. The Morgan fingerprint density at radius 1 is 1.32 bits per heavy atom. The number of hydrogen-bond acceptors (Lipinski definition) is 5. The van der Waals surface area contributed by atoms with E-state index in [4.69, 9.17) is 4.74 Å². The molecule has 0 aliphatic rings. The lowest BCUT2D eigenvalue weighted by Crippen LogP contribution is -2.23. The van der Waals surface area contributed by atoms with Crippen LogP contribution in [0.5, 0.6) is 5.75 Å². The molecule has 0 radical (unpaired) electrons. The van der Waals surface area contributed by atoms with Crippen molar-refractivity contribution in [2.45, 2.75) is 25.7 Å². The topological polar surface area (TPSA) is 81.7 Å². The first-order valence-electron chi connectivity index (χ1n) is 5.85. The molecule has 0 heterocycles. The number of rotatable bonds is 5. The second-order valence-electron chi connectivity index (χ2n) is 3.71. The van der Waals surface area contributed by atoms with Gasteiger partial charge >= 0.3 is 6.16 Å². The van der Waals surface area contributed by atoms with Gasteiger partial charge in [0.25, 0.3) is 0 Å². The SMILES string of the molecule is CCNS(=O)(=O)c1ccc(OC(=O)OCC)c(C)c1. The molecule has 1 N–H and O–H groups in total. The van der Waals surface area contributed by atoms with E-state index in [2.05, 4.69) is 9.46 Å². The standard InChI is InChI=1S/C12H17NO5S/c1-4-13-19(15,16)10-6-7-11(9(3)8-10)18-12(14)17-5-2/h6-8,13H,4-5H2,1-3H3. The van der Waals surface area contributed by atoms with E-state index in [1.165, 1.54) is 18.2 Å². The molecule has 1 rings (SSSR count). The minimum absolute atomic E-state index is 0.128. The summed E-state index contributed by atoms with van der Waals surface area (Å²) in [6.07, 6.45) is -0.812. The number of sulfonamides is 1. The van der Waals surface area contributed by atoms with Crippen molar-refractivity contribution in [1.82, 2.24) is 4.72 Å². The van der Waals surface area contributed by atoms with Crippen LogP contribution in [0.1, 0.15) is 19.4 Å². The van der Waals surface area contributed by atoms with Crippen molar-refractivity contribution in [1.29, 1.82) is 0 Å². The molecule has 0 atom stereocenters. The smallest absolute Gasteiger partial charge is 0.434 e. The van der Waals surface area contributed by atoms with Crippen LogP contribution in [0, 0.1) is 6.92 Å². The number of aryl methyl sites for hydroxylation is 1. The van der Waals surface area contributed by atoms with Crippen LogP contribution in [0.4, 0.5) is 4.79 Å². The van der Waals surface area contributed by atoms with E-state index in [1.807, 2.05) is 0 Å². The van der Waals surface area contributed by atoms with Gasteiger partial charge in [-0.3, -0.25) is 0 Å². The molecule has 106 valence electrons. The summed E-state index contributed by atoms with van der Waals surface area (Å²) in [6, 6.07) is 4.24. The predicted molar refractivity (Wildman–Crippen MR) is 69.7 cm³/mol. The zero-order chi connectivity index (χ0) is 14.5. The highest BCUT2D eigenvalue weighted by Crippen LogP contribution is 2.22. The van der Waals surface area contributed by atoms with E-state index in [0.29, 0.717) is 12.1 Å². The summed E-state index contributed by atoms with van der Waals surface area (Å²) < 4.78 is 35.5. The number of carbonyl (C=O) groups is 1. The Morgan fingerprint density at radius 3 is 2.53 bits per heavy atom. The minimum atomic E-state index is -3.51. The molecule has 0 aliphatic carbocycles. The van der Waals surface area contributed by atoms with Crippen molar-refractivity contribution in [3.8, 4) is 5.75 Å². The molecular weight excluding hydrogens is 270 g/mol. The lowest BCUT2D eigenvalue weighted by Gasteiger charge is -2.09. The third kappa shape index (κ3) is 4.22. The summed E-state index contributed by atoms with van der Waals surface area (Å²) in [5, 5.41) is 0. The largest absolute Gasteiger partial charge is 0.513 e.